The van der Waals surface area contributed by atoms with Crippen LogP contribution < -0.4 is 5.48 Å². The Kier molecular flexibility index (Phi) is 4.26. The quantitative estimate of drug-likeness (QED) is 0.811. The van der Waals surface area contributed by atoms with Crippen molar-refractivity contribution in [2.45, 2.75) is 32.2 Å². The fourth-order valence-electron chi connectivity index (χ4n) is 2.63. The van der Waals surface area contributed by atoms with E-state index in [1.165, 1.54) is 13.2 Å². The minimum atomic E-state index is -0.915. The minimum absolute atomic E-state index is 0.0173. The van der Waals surface area contributed by atoms with Crippen LogP contribution in [0, 0.1) is 5.92 Å². The van der Waals surface area contributed by atoms with E-state index in [4.69, 9.17) is 4.84 Å². The smallest absolute Gasteiger partial charge is 0.186 e. The molecule has 0 heterocycles. The van der Waals surface area contributed by atoms with E-state index in [2.05, 4.69) is 19.3 Å². The molecule has 0 bridgehead atoms. The van der Waals surface area contributed by atoms with Gasteiger partial charge in [0, 0.05) is 11.6 Å². The fraction of sp³-hybridized carbons (Fsp3) is 0.438. The summed E-state index contributed by atoms with van der Waals surface area (Å²) in [6.45, 7) is 4.24. The third-order valence-electron chi connectivity index (χ3n) is 3.72. The van der Waals surface area contributed by atoms with Crippen molar-refractivity contribution in [3.05, 3.63) is 41.5 Å². The maximum absolute atomic E-state index is 12.5. The van der Waals surface area contributed by atoms with E-state index in [9.17, 15) is 9.90 Å². The van der Waals surface area contributed by atoms with Gasteiger partial charge in [-0.3, -0.25) is 4.79 Å². The van der Waals surface area contributed by atoms with Crippen molar-refractivity contribution < 1.29 is 14.7 Å². The van der Waals surface area contributed by atoms with Gasteiger partial charge in [0.15, 0.2) is 5.78 Å². The van der Waals surface area contributed by atoms with Gasteiger partial charge in [-0.2, -0.15) is 5.48 Å². The zero-order valence-corrected chi connectivity index (χ0v) is 12.1. The number of ketones is 1. The summed E-state index contributed by atoms with van der Waals surface area (Å²) in [6, 6.07) is 7.39. The maximum Gasteiger partial charge on any atom is 0.186 e. The van der Waals surface area contributed by atoms with E-state index >= 15 is 0 Å². The number of fused-ring (bicyclic) bond motifs is 1. The number of rotatable bonds is 5. The van der Waals surface area contributed by atoms with Gasteiger partial charge in [-0.15, -0.1) is 0 Å². The second kappa shape index (κ2) is 5.77. The Hall–Kier alpha value is -1.65. The van der Waals surface area contributed by atoms with E-state index in [-0.39, 0.29) is 11.5 Å². The first-order valence-electron chi connectivity index (χ1n) is 6.86. The molecule has 0 saturated heterocycles. The Bertz CT molecular complexity index is 536. The number of carbonyl (C=O) groups is 1. The SMILES string of the molecule is CONC1(CCC(C)C)C(=O)C=C(O)c2ccccc21. The van der Waals surface area contributed by atoms with Crippen molar-refractivity contribution in [1.29, 1.82) is 0 Å². The molecule has 0 aromatic heterocycles. The Balaban J connectivity index is 2.51. The molecule has 1 aromatic rings. The summed E-state index contributed by atoms with van der Waals surface area (Å²) in [5, 5.41) is 9.98. The third-order valence-corrected chi connectivity index (χ3v) is 3.72. The van der Waals surface area contributed by atoms with Crippen LogP contribution in [0.1, 0.15) is 37.8 Å². The average Bonchev–Trinajstić information content (AvgIpc) is 2.42. The van der Waals surface area contributed by atoms with E-state index in [0.29, 0.717) is 17.9 Å². The van der Waals surface area contributed by atoms with E-state index in [0.717, 1.165) is 12.0 Å². The van der Waals surface area contributed by atoms with E-state index in [1.54, 1.807) is 0 Å². The first-order chi connectivity index (χ1) is 9.51. The number of aliphatic hydroxyl groups is 1. The lowest BCUT2D eigenvalue weighted by atomic mass is 9.75. The summed E-state index contributed by atoms with van der Waals surface area (Å²) in [7, 11) is 1.51. The molecule has 0 saturated carbocycles. The van der Waals surface area contributed by atoms with Crippen LogP contribution in [0.15, 0.2) is 30.3 Å². The highest BCUT2D eigenvalue weighted by Gasteiger charge is 2.43. The monoisotopic (exact) mass is 275 g/mol. The van der Waals surface area contributed by atoms with Crippen molar-refractivity contribution in [2.75, 3.05) is 7.11 Å². The van der Waals surface area contributed by atoms with Gasteiger partial charge < -0.3 is 9.94 Å². The van der Waals surface area contributed by atoms with Crippen molar-refractivity contribution >= 4 is 11.5 Å². The molecule has 0 aliphatic heterocycles. The molecule has 1 aromatic carbocycles. The predicted octanol–water partition coefficient (Wildman–Crippen LogP) is 2.95. The molecule has 4 heteroatoms. The molecule has 2 rings (SSSR count). The summed E-state index contributed by atoms with van der Waals surface area (Å²) < 4.78 is 0. The Morgan fingerprint density at radius 1 is 1.35 bits per heavy atom. The number of benzene rings is 1. The second-order valence-electron chi connectivity index (χ2n) is 5.58. The molecule has 0 fully saturated rings. The van der Waals surface area contributed by atoms with Crippen LogP contribution in [-0.4, -0.2) is 18.0 Å². The highest BCUT2D eigenvalue weighted by Crippen LogP contribution is 2.38. The molecule has 1 unspecified atom stereocenters. The normalized spacial score (nSPS) is 21.8. The zero-order valence-electron chi connectivity index (χ0n) is 12.1. The van der Waals surface area contributed by atoms with Gasteiger partial charge in [-0.25, -0.2) is 0 Å². The maximum atomic E-state index is 12.5. The number of hydroxylamine groups is 1. The number of aliphatic hydroxyl groups excluding tert-OH is 1. The van der Waals surface area contributed by atoms with Gasteiger partial charge in [-0.1, -0.05) is 38.1 Å². The zero-order chi connectivity index (χ0) is 14.8. The molecule has 20 heavy (non-hydrogen) atoms. The molecule has 2 N–H and O–H groups in total. The lowest BCUT2D eigenvalue weighted by molar-refractivity contribution is -0.128. The van der Waals surface area contributed by atoms with Crippen molar-refractivity contribution in [3.8, 4) is 0 Å². The van der Waals surface area contributed by atoms with Crippen LogP contribution >= 0.6 is 0 Å². The predicted molar refractivity (Wildman–Crippen MR) is 77.9 cm³/mol. The summed E-state index contributed by atoms with van der Waals surface area (Å²) in [4.78, 5) is 17.6. The van der Waals surface area contributed by atoms with Gasteiger partial charge in [0.05, 0.1) is 7.11 Å². The summed E-state index contributed by atoms with van der Waals surface area (Å²) >= 11 is 0. The molecular formula is C16H21NO3. The lowest BCUT2D eigenvalue weighted by Crippen LogP contribution is -2.50. The average molecular weight is 275 g/mol. The Morgan fingerprint density at radius 3 is 2.70 bits per heavy atom. The molecule has 1 aliphatic rings. The minimum Gasteiger partial charge on any atom is -0.507 e. The van der Waals surface area contributed by atoms with Crippen molar-refractivity contribution in [3.63, 3.8) is 0 Å². The van der Waals surface area contributed by atoms with Crippen molar-refractivity contribution in [1.82, 2.24) is 5.48 Å². The Morgan fingerprint density at radius 2 is 2.05 bits per heavy atom. The molecule has 0 radical (unpaired) electrons. The van der Waals surface area contributed by atoms with E-state index < -0.39 is 5.54 Å². The topological polar surface area (TPSA) is 58.6 Å². The van der Waals surface area contributed by atoms with Gasteiger partial charge in [0.25, 0.3) is 0 Å². The molecule has 4 nitrogen and oxygen atoms in total. The second-order valence-corrected chi connectivity index (χ2v) is 5.58. The van der Waals surface area contributed by atoms with Crippen LogP contribution in [0.3, 0.4) is 0 Å². The number of carbonyl (C=O) groups excluding carboxylic acids is 1. The standard InChI is InChI=1S/C16H21NO3/c1-11(2)8-9-16(17-20-3)13-7-5-4-6-12(13)14(18)10-15(16)19/h4-7,10-11,17-18H,8-9H2,1-3H3. The first kappa shape index (κ1) is 14.8. The van der Waals surface area contributed by atoms with Crippen LogP contribution in [0.2, 0.25) is 0 Å². The third kappa shape index (κ3) is 2.49. The van der Waals surface area contributed by atoms with Crippen LogP contribution in [-0.2, 0) is 15.2 Å². The van der Waals surface area contributed by atoms with Gasteiger partial charge in [0.2, 0.25) is 0 Å². The number of hydrogen-bond acceptors (Lipinski definition) is 4. The molecule has 0 spiro atoms. The number of hydrogen-bond donors (Lipinski definition) is 2. The van der Waals surface area contributed by atoms with Gasteiger partial charge >= 0.3 is 0 Å². The lowest BCUT2D eigenvalue weighted by Gasteiger charge is -2.36. The molecule has 1 atom stereocenters. The van der Waals surface area contributed by atoms with E-state index in [1.807, 2.05) is 24.3 Å². The molecular weight excluding hydrogens is 254 g/mol. The fourth-order valence-corrected chi connectivity index (χ4v) is 2.63. The largest absolute Gasteiger partial charge is 0.507 e. The van der Waals surface area contributed by atoms with Crippen LogP contribution in [0.5, 0.6) is 0 Å². The number of nitrogens with one attached hydrogen (secondary N) is 1. The van der Waals surface area contributed by atoms with Gasteiger partial charge in [-0.05, 0) is 24.3 Å². The first-order valence-corrected chi connectivity index (χ1v) is 6.86. The van der Waals surface area contributed by atoms with Gasteiger partial charge in [0.1, 0.15) is 11.3 Å². The van der Waals surface area contributed by atoms with Crippen LogP contribution in [0.4, 0.5) is 0 Å². The summed E-state index contributed by atoms with van der Waals surface area (Å²) in [5.41, 5.74) is 3.41. The highest BCUT2D eigenvalue weighted by molar-refractivity contribution is 6.06. The van der Waals surface area contributed by atoms with Crippen molar-refractivity contribution in [2.24, 2.45) is 5.92 Å². The molecule has 108 valence electrons. The summed E-state index contributed by atoms with van der Waals surface area (Å²) in [5.74, 6) is 0.324. The molecule has 0 amide bonds. The summed E-state index contributed by atoms with van der Waals surface area (Å²) in [6.07, 6.45) is 2.79. The highest BCUT2D eigenvalue weighted by atomic mass is 16.6. The molecule has 1 aliphatic carbocycles. The Labute approximate surface area is 119 Å². The van der Waals surface area contributed by atoms with Crippen LogP contribution in [0.25, 0.3) is 5.76 Å².